The molecule has 2 aromatic carbocycles. The van der Waals surface area contributed by atoms with Gasteiger partial charge in [-0.15, -0.1) is 0 Å². The van der Waals surface area contributed by atoms with E-state index in [1.54, 1.807) is 0 Å². The molecule has 0 amide bonds. The highest BCUT2D eigenvalue weighted by atomic mass is 15.1. The summed E-state index contributed by atoms with van der Waals surface area (Å²) >= 11 is 0. The monoisotopic (exact) mass is 224 g/mol. The van der Waals surface area contributed by atoms with Crippen LogP contribution < -0.4 is 4.90 Å². The zero-order chi connectivity index (χ0) is 12.1. The normalized spacial score (nSPS) is 9.94. The Balaban J connectivity index is 2.20. The number of para-hydroxylation sites is 2. The summed E-state index contributed by atoms with van der Waals surface area (Å²) in [6.45, 7) is 4.47. The summed E-state index contributed by atoms with van der Waals surface area (Å²) in [6, 6.07) is 18.4. The first-order valence-corrected chi connectivity index (χ1v) is 5.62. The van der Waals surface area contributed by atoms with E-state index in [4.69, 9.17) is 0 Å². The van der Waals surface area contributed by atoms with Crippen LogP contribution in [0.15, 0.2) is 59.6 Å². The first-order valence-electron chi connectivity index (χ1n) is 5.62. The Labute approximate surface area is 102 Å². The number of anilines is 1. The van der Waals surface area contributed by atoms with Crippen molar-refractivity contribution in [3.63, 3.8) is 0 Å². The van der Waals surface area contributed by atoms with Gasteiger partial charge < -0.3 is 4.90 Å². The van der Waals surface area contributed by atoms with Crippen LogP contribution in [0.25, 0.3) is 0 Å². The molecule has 2 nitrogen and oxygen atoms in total. The molecule has 0 atom stereocenters. The Bertz CT molecular complexity index is 491. The van der Waals surface area contributed by atoms with Gasteiger partial charge in [0, 0.05) is 13.6 Å². The maximum Gasteiger partial charge on any atom is 0.0855 e. The summed E-state index contributed by atoms with van der Waals surface area (Å²) in [5, 5.41) is 0. The van der Waals surface area contributed by atoms with Crippen LogP contribution in [0.1, 0.15) is 5.56 Å². The minimum absolute atomic E-state index is 0.868. The van der Waals surface area contributed by atoms with Crippen molar-refractivity contribution in [3.05, 3.63) is 60.2 Å². The van der Waals surface area contributed by atoms with Gasteiger partial charge in [-0.25, -0.2) is 0 Å². The highest BCUT2D eigenvalue weighted by molar-refractivity contribution is 5.68. The second-order valence-corrected chi connectivity index (χ2v) is 3.99. The van der Waals surface area contributed by atoms with Gasteiger partial charge in [-0.2, -0.15) is 0 Å². The van der Waals surface area contributed by atoms with E-state index >= 15 is 0 Å². The van der Waals surface area contributed by atoms with Crippen LogP contribution in [-0.2, 0) is 6.54 Å². The van der Waals surface area contributed by atoms with Crippen molar-refractivity contribution in [2.24, 2.45) is 4.99 Å². The summed E-state index contributed by atoms with van der Waals surface area (Å²) in [7, 11) is 2.07. The van der Waals surface area contributed by atoms with Crippen LogP contribution in [0.2, 0.25) is 0 Å². The SMILES string of the molecule is C=Nc1ccccc1N(C)Cc1ccccc1. The van der Waals surface area contributed by atoms with E-state index in [0.29, 0.717) is 0 Å². The second kappa shape index (κ2) is 5.30. The molecule has 2 aromatic rings. The summed E-state index contributed by atoms with van der Waals surface area (Å²) in [5.41, 5.74) is 3.31. The van der Waals surface area contributed by atoms with Crippen molar-refractivity contribution in [2.75, 3.05) is 11.9 Å². The van der Waals surface area contributed by atoms with Crippen LogP contribution >= 0.6 is 0 Å². The molecule has 0 aliphatic rings. The van der Waals surface area contributed by atoms with E-state index in [0.717, 1.165) is 17.9 Å². The zero-order valence-corrected chi connectivity index (χ0v) is 10.0. The Morgan fingerprint density at radius 3 is 2.35 bits per heavy atom. The molecule has 0 N–H and O–H groups in total. The molecule has 0 heterocycles. The third-order valence-corrected chi connectivity index (χ3v) is 2.73. The Hall–Kier alpha value is -2.09. The minimum atomic E-state index is 0.868. The summed E-state index contributed by atoms with van der Waals surface area (Å²) in [6.07, 6.45) is 0. The van der Waals surface area contributed by atoms with Crippen molar-refractivity contribution < 1.29 is 0 Å². The largest absolute Gasteiger partial charge is 0.369 e. The number of benzene rings is 2. The van der Waals surface area contributed by atoms with E-state index in [1.165, 1.54) is 5.56 Å². The van der Waals surface area contributed by atoms with Gasteiger partial charge in [0.25, 0.3) is 0 Å². The summed E-state index contributed by atoms with van der Waals surface area (Å²) in [4.78, 5) is 6.22. The average Bonchev–Trinajstić information content (AvgIpc) is 2.40. The lowest BCUT2D eigenvalue weighted by Crippen LogP contribution is -2.16. The maximum absolute atomic E-state index is 4.04. The van der Waals surface area contributed by atoms with Crippen molar-refractivity contribution in [2.45, 2.75) is 6.54 Å². The Morgan fingerprint density at radius 1 is 1.00 bits per heavy atom. The predicted molar refractivity (Wildman–Crippen MR) is 74.2 cm³/mol. The van der Waals surface area contributed by atoms with Gasteiger partial charge in [0.15, 0.2) is 0 Å². The van der Waals surface area contributed by atoms with Gasteiger partial charge in [0.05, 0.1) is 11.4 Å². The van der Waals surface area contributed by atoms with Gasteiger partial charge in [-0.05, 0) is 24.4 Å². The number of hydrogen-bond acceptors (Lipinski definition) is 2. The Kier molecular flexibility index (Phi) is 3.55. The van der Waals surface area contributed by atoms with Gasteiger partial charge >= 0.3 is 0 Å². The van der Waals surface area contributed by atoms with E-state index in [2.05, 4.69) is 54.0 Å². The van der Waals surface area contributed by atoms with Crippen molar-refractivity contribution in [1.29, 1.82) is 0 Å². The van der Waals surface area contributed by atoms with E-state index in [9.17, 15) is 0 Å². The van der Waals surface area contributed by atoms with Gasteiger partial charge in [0.1, 0.15) is 0 Å². The molecule has 17 heavy (non-hydrogen) atoms. The molecule has 2 heteroatoms. The molecule has 0 aromatic heterocycles. The predicted octanol–water partition coefficient (Wildman–Crippen LogP) is 3.66. The highest BCUT2D eigenvalue weighted by Crippen LogP contribution is 2.27. The summed E-state index contributed by atoms with van der Waals surface area (Å²) in [5.74, 6) is 0. The van der Waals surface area contributed by atoms with Crippen molar-refractivity contribution in [3.8, 4) is 0 Å². The Morgan fingerprint density at radius 2 is 1.65 bits per heavy atom. The molecule has 0 aliphatic carbocycles. The molecule has 2 rings (SSSR count). The standard InChI is InChI=1S/C15H16N2/c1-16-14-10-6-7-11-15(14)17(2)12-13-8-4-3-5-9-13/h3-11H,1,12H2,2H3. The average molecular weight is 224 g/mol. The van der Waals surface area contributed by atoms with Crippen LogP contribution in [0, 0.1) is 0 Å². The van der Waals surface area contributed by atoms with E-state index in [-0.39, 0.29) is 0 Å². The smallest absolute Gasteiger partial charge is 0.0855 e. The zero-order valence-electron chi connectivity index (χ0n) is 10.0. The number of rotatable bonds is 4. The molecule has 0 spiro atoms. The van der Waals surface area contributed by atoms with Gasteiger partial charge in [-0.1, -0.05) is 42.5 Å². The fourth-order valence-corrected chi connectivity index (χ4v) is 1.86. The van der Waals surface area contributed by atoms with E-state index in [1.807, 2.05) is 24.3 Å². The van der Waals surface area contributed by atoms with Crippen LogP contribution in [0.3, 0.4) is 0 Å². The molecule has 0 unspecified atom stereocenters. The third-order valence-electron chi connectivity index (χ3n) is 2.73. The molecule has 0 saturated carbocycles. The van der Waals surface area contributed by atoms with Gasteiger partial charge in [-0.3, -0.25) is 4.99 Å². The molecule has 0 aliphatic heterocycles. The molecule has 0 fully saturated rings. The molecular formula is C15H16N2. The minimum Gasteiger partial charge on any atom is -0.369 e. The summed E-state index contributed by atoms with van der Waals surface area (Å²) < 4.78 is 0. The molecular weight excluding hydrogens is 208 g/mol. The quantitative estimate of drug-likeness (QED) is 0.724. The first kappa shape index (κ1) is 11.4. The number of aliphatic imine (C=N–C) groups is 1. The molecule has 0 radical (unpaired) electrons. The maximum atomic E-state index is 4.04. The molecule has 0 bridgehead atoms. The lowest BCUT2D eigenvalue weighted by molar-refractivity contribution is 0.923. The fraction of sp³-hybridized carbons (Fsp3) is 0.133. The van der Waals surface area contributed by atoms with E-state index < -0.39 is 0 Å². The van der Waals surface area contributed by atoms with Gasteiger partial charge in [0.2, 0.25) is 0 Å². The van der Waals surface area contributed by atoms with Crippen LogP contribution in [0.5, 0.6) is 0 Å². The number of hydrogen-bond donors (Lipinski definition) is 0. The lowest BCUT2D eigenvalue weighted by atomic mass is 10.2. The van der Waals surface area contributed by atoms with Crippen molar-refractivity contribution in [1.82, 2.24) is 0 Å². The van der Waals surface area contributed by atoms with Crippen molar-refractivity contribution >= 4 is 18.1 Å². The first-order chi connectivity index (χ1) is 8.31. The van der Waals surface area contributed by atoms with Crippen LogP contribution in [-0.4, -0.2) is 13.8 Å². The molecule has 86 valence electrons. The lowest BCUT2D eigenvalue weighted by Gasteiger charge is -2.20. The highest BCUT2D eigenvalue weighted by Gasteiger charge is 2.05. The topological polar surface area (TPSA) is 15.6 Å². The second-order valence-electron chi connectivity index (χ2n) is 3.99. The van der Waals surface area contributed by atoms with Crippen LogP contribution in [0.4, 0.5) is 11.4 Å². The number of nitrogens with zero attached hydrogens (tertiary/aromatic N) is 2. The third kappa shape index (κ3) is 2.72. The fourth-order valence-electron chi connectivity index (χ4n) is 1.86. The molecule has 0 saturated heterocycles.